The van der Waals surface area contributed by atoms with Crippen LogP contribution < -0.4 is 10.6 Å². The summed E-state index contributed by atoms with van der Waals surface area (Å²) in [6.07, 6.45) is 3.65. The van der Waals surface area contributed by atoms with Crippen molar-refractivity contribution in [1.82, 2.24) is 20.4 Å². The molecule has 2 amide bonds. The molecule has 0 saturated carbocycles. The number of nitrogens with one attached hydrogen (secondary N) is 2. The number of hydrogen-bond donors (Lipinski definition) is 2. The zero-order valence-corrected chi connectivity index (χ0v) is 20.3. The summed E-state index contributed by atoms with van der Waals surface area (Å²) in [5.74, 6) is 0.803. The molecule has 0 aliphatic carbocycles. The molecule has 6 heteroatoms. The van der Waals surface area contributed by atoms with Gasteiger partial charge in [0.1, 0.15) is 0 Å². The van der Waals surface area contributed by atoms with E-state index in [0.717, 1.165) is 58.4 Å². The predicted octanol–water partition coefficient (Wildman–Crippen LogP) is 3.03. The minimum atomic E-state index is -0.143. The minimum Gasteiger partial charge on any atom is -0.353 e. The van der Waals surface area contributed by atoms with Crippen molar-refractivity contribution in [2.45, 2.75) is 78.0 Å². The molecule has 0 bridgehead atoms. The Labute approximate surface area is 194 Å². The third-order valence-electron chi connectivity index (χ3n) is 7.38. The molecule has 2 atom stereocenters. The highest BCUT2D eigenvalue weighted by Crippen LogP contribution is 2.20. The first-order chi connectivity index (χ1) is 15.3. The van der Waals surface area contributed by atoms with Gasteiger partial charge in [-0.1, -0.05) is 44.2 Å². The fraction of sp³-hybridized carbons (Fsp3) is 0.692. The zero-order valence-electron chi connectivity index (χ0n) is 20.3. The Bertz CT molecular complexity index is 723. The molecule has 1 aromatic carbocycles. The van der Waals surface area contributed by atoms with Crippen LogP contribution >= 0.6 is 0 Å². The van der Waals surface area contributed by atoms with Gasteiger partial charge in [-0.3, -0.25) is 19.4 Å². The molecular formula is C26H42N4O2. The van der Waals surface area contributed by atoms with Crippen molar-refractivity contribution in [2.24, 2.45) is 11.8 Å². The van der Waals surface area contributed by atoms with Gasteiger partial charge in [0.2, 0.25) is 11.8 Å². The number of piperidine rings is 2. The van der Waals surface area contributed by atoms with Crippen LogP contribution in [-0.4, -0.2) is 65.9 Å². The van der Waals surface area contributed by atoms with E-state index in [1.165, 1.54) is 5.56 Å². The van der Waals surface area contributed by atoms with Crippen LogP contribution in [0, 0.1) is 11.8 Å². The van der Waals surface area contributed by atoms with Crippen molar-refractivity contribution < 1.29 is 9.59 Å². The molecule has 2 aliphatic rings. The number of carbonyl (C=O) groups is 2. The maximum absolute atomic E-state index is 12.9. The van der Waals surface area contributed by atoms with E-state index in [-0.39, 0.29) is 35.9 Å². The number of amides is 2. The van der Waals surface area contributed by atoms with Gasteiger partial charge in [-0.05, 0) is 64.1 Å². The zero-order chi connectivity index (χ0) is 23.1. The molecule has 2 saturated heterocycles. The molecule has 0 spiro atoms. The van der Waals surface area contributed by atoms with Gasteiger partial charge in [0, 0.05) is 37.6 Å². The van der Waals surface area contributed by atoms with Crippen LogP contribution in [0.15, 0.2) is 30.3 Å². The largest absolute Gasteiger partial charge is 0.353 e. The second-order valence-electron chi connectivity index (χ2n) is 10.1. The summed E-state index contributed by atoms with van der Waals surface area (Å²) in [4.78, 5) is 30.1. The maximum atomic E-state index is 12.9. The van der Waals surface area contributed by atoms with Crippen LogP contribution in [0.3, 0.4) is 0 Å². The highest BCUT2D eigenvalue weighted by Gasteiger charge is 2.31. The first-order valence-electron chi connectivity index (χ1n) is 12.4. The molecule has 2 fully saturated rings. The SMILES string of the molecule is CC(C)C(C)NC(=O)C1CCN(C(C)C(=O)NC2CCN(Cc3ccccc3)CC2)CC1. The highest BCUT2D eigenvalue weighted by atomic mass is 16.2. The van der Waals surface area contributed by atoms with Crippen molar-refractivity contribution >= 4 is 11.8 Å². The average molecular weight is 443 g/mol. The number of benzene rings is 1. The number of nitrogens with zero attached hydrogens (tertiary/aromatic N) is 2. The predicted molar refractivity (Wildman–Crippen MR) is 129 cm³/mol. The lowest BCUT2D eigenvalue weighted by atomic mass is 9.94. The van der Waals surface area contributed by atoms with E-state index in [9.17, 15) is 9.59 Å². The Morgan fingerprint density at radius 1 is 0.938 bits per heavy atom. The average Bonchev–Trinajstić information content (AvgIpc) is 2.80. The molecular weight excluding hydrogens is 400 g/mol. The number of rotatable bonds is 8. The lowest BCUT2D eigenvalue weighted by Crippen LogP contribution is -2.53. The number of carbonyl (C=O) groups excluding carboxylic acids is 2. The van der Waals surface area contributed by atoms with Gasteiger partial charge >= 0.3 is 0 Å². The summed E-state index contributed by atoms with van der Waals surface area (Å²) < 4.78 is 0. The van der Waals surface area contributed by atoms with E-state index in [2.05, 4.69) is 71.5 Å². The summed E-state index contributed by atoms with van der Waals surface area (Å²) in [6, 6.07) is 10.9. The fourth-order valence-electron chi connectivity index (χ4n) is 4.62. The molecule has 6 nitrogen and oxygen atoms in total. The van der Waals surface area contributed by atoms with Crippen LogP contribution in [0.4, 0.5) is 0 Å². The lowest BCUT2D eigenvalue weighted by Gasteiger charge is -2.37. The van der Waals surface area contributed by atoms with Gasteiger partial charge in [-0.15, -0.1) is 0 Å². The molecule has 178 valence electrons. The van der Waals surface area contributed by atoms with Crippen LogP contribution in [0.25, 0.3) is 0 Å². The van der Waals surface area contributed by atoms with E-state index in [1.54, 1.807) is 0 Å². The summed E-state index contributed by atoms with van der Waals surface area (Å²) in [5.41, 5.74) is 1.35. The Morgan fingerprint density at radius 3 is 2.16 bits per heavy atom. The molecule has 2 aliphatic heterocycles. The van der Waals surface area contributed by atoms with Gasteiger partial charge < -0.3 is 10.6 Å². The normalized spacial score (nSPS) is 21.3. The van der Waals surface area contributed by atoms with E-state index in [1.807, 2.05) is 6.92 Å². The van der Waals surface area contributed by atoms with Gasteiger partial charge in [-0.2, -0.15) is 0 Å². The quantitative estimate of drug-likeness (QED) is 0.650. The van der Waals surface area contributed by atoms with Crippen molar-refractivity contribution in [3.05, 3.63) is 35.9 Å². The van der Waals surface area contributed by atoms with Gasteiger partial charge in [0.15, 0.2) is 0 Å². The van der Waals surface area contributed by atoms with Gasteiger partial charge in [-0.25, -0.2) is 0 Å². The smallest absolute Gasteiger partial charge is 0.237 e. The number of hydrogen-bond acceptors (Lipinski definition) is 4. The summed E-state index contributed by atoms with van der Waals surface area (Å²) in [7, 11) is 0. The Morgan fingerprint density at radius 2 is 1.56 bits per heavy atom. The number of likely N-dealkylation sites (tertiary alicyclic amines) is 2. The summed E-state index contributed by atoms with van der Waals surface area (Å²) in [6.45, 7) is 12.9. The van der Waals surface area contributed by atoms with Gasteiger partial charge in [0.25, 0.3) is 0 Å². The molecule has 1 aromatic rings. The fourth-order valence-corrected chi connectivity index (χ4v) is 4.62. The Kier molecular flexibility index (Phi) is 9.11. The van der Waals surface area contributed by atoms with Crippen LogP contribution in [0.5, 0.6) is 0 Å². The lowest BCUT2D eigenvalue weighted by molar-refractivity contribution is -0.129. The van der Waals surface area contributed by atoms with E-state index < -0.39 is 0 Å². The van der Waals surface area contributed by atoms with Crippen molar-refractivity contribution in [1.29, 1.82) is 0 Å². The van der Waals surface area contributed by atoms with Crippen molar-refractivity contribution in [3.8, 4) is 0 Å². The Hall–Kier alpha value is -1.92. The third-order valence-corrected chi connectivity index (χ3v) is 7.38. The van der Waals surface area contributed by atoms with Gasteiger partial charge in [0.05, 0.1) is 6.04 Å². The van der Waals surface area contributed by atoms with Crippen LogP contribution in [0.1, 0.15) is 58.9 Å². The molecule has 32 heavy (non-hydrogen) atoms. The monoisotopic (exact) mass is 442 g/mol. The molecule has 2 N–H and O–H groups in total. The van der Waals surface area contributed by atoms with E-state index in [4.69, 9.17) is 0 Å². The molecule has 2 heterocycles. The third kappa shape index (κ3) is 7.04. The highest BCUT2D eigenvalue weighted by molar-refractivity contribution is 5.82. The van der Waals surface area contributed by atoms with E-state index in [0.29, 0.717) is 5.92 Å². The summed E-state index contributed by atoms with van der Waals surface area (Å²) >= 11 is 0. The molecule has 0 aromatic heterocycles. The van der Waals surface area contributed by atoms with E-state index >= 15 is 0 Å². The maximum Gasteiger partial charge on any atom is 0.237 e. The Balaban J connectivity index is 1.37. The summed E-state index contributed by atoms with van der Waals surface area (Å²) in [5, 5.41) is 6.43. The topological polar surface area (TPSA) is 64.7 Å². The first kappa shape index (κ1) is 24.7. The second-order valence-corrected chi connectivity index (χ2v) is 10.1. The molecule has 3 rings (SSSR count). The van der Waals surface area contributed by atoms with Crippen LogP contribution in [-0.2, 0) is 16.1 Å². The first-order valence-corrected chi connectivity index (χ1v) is 12.4. The van der Waals surface area contributed by atoms with Crippen LogP contribution in [0.2, 0.25) is 0 Å². The molecule has 2 unspecified atom stereocenters. The van der Waals surface area contributed by atoms with Crippen molar-refractivity contribution in [2.75, 3.05) is 26.2 Å². The molecule has 0 radical (unpaired) electrons. The second kappa shape index (κ2) is 11.8. The van der Waals surface area contributed by atoms with Crippen molar-refractivity contribution in [3.63, 3.8) is 0 Å². The minimum absolute atomic E-state index is 0.0663. The standard InChI is InChI=1S/C26H42N4O2/c1-19(2)20(3)27-26(32)23-10-16-30(17-11-23)21(4)25(31)28-24-12-14-29(15-13-24)18-22-8-6-5-7-9-22/h5-9,19-21,23-24H,10-18H2,1-4H3,(H,27,32)(H,28,31).